The fourth-order valence-corrected chi connectivity index (χ4v) is 1.72. The van der Waals surface area contributed by atoms with Gasteiger partial charge < -0.3 is 10.5 Å². The molecule has 17 heavy (non-hydrogen) atoms. The van der Waals surface area contributed by atoms with Crippen molar-refractivity contribution in [3.8, 4) is 5.75 Å². The number of ether oxygens (including phenoxy) is 1. The van der Waals surface area contributed by atoms with Gasteiger partial charge in [0, 0.05) is 9.89 Å². The van der Waals surface area contributed by atoms with E-state index in [-0.39, 0.29) is 5.41 Å². The number of nitrogens with two attached hydrogens (primary N) is 1. The maximum absolute atomic E-state index is 5.67. The van der Waals surface area contributed by atoms with E-state index < -0.39 is 0 Å². The van der Waals surface area contributed by atoms with Crippen molar-refractivity contribution in [1.82, 2.24) is 0 Å². The summed E-state index contributed by atoms with van der Waals surface area (Å²) in [7, 11) is 0. The molecule has 0 aliphatic heterocycles. The van der Waals surface area contributed by atoms with E-state index in [0.29, 0.717) is 11.6 Å². The van der Waals surface area contributed by atoms with Crippen molar-refractivity contribution in [1.29, 1.82) is 0 Å². The molecule has 0 radical (unpaired) electrons. The van der Waals surface area contributed by atoms with Gasteiger partial charge in [0.1, 0.15) is 5.75 Å². The van der Waals surface area contributed by atoms with Crippen LogP contribution in [-0.4, -0.2) is 11.6 Å². The summed E-state index contributed by atoms with van der Waals surface area (Å²) in [5.74, 6) is 0.890. The third kappa shape index (κ3) is 5.04. The van der Waals surface area contributed by atoms with Crippen molar-refractivity contribution in [2.24, 2.45) is 11.1 Å². The Hall–Kier alpha value is -0.610. The molecule has 0 aliphatic carbocycles. The third-order valence-electron chi connectivity index (χ3n) is 2.70. The van der Waals surface area contributed by atoms with Crippen LogP contribution in [0.5, 0.6) is 5.75 Å². The fourth-order valence-electron chi connectivity index (χ4n) is 1.36. The van der Waals surface area contributed by atoms with Crippen molar-refractivity contribution in [2.75, 3.05) is 6.61 Å². The van der Waals surface area contributed by atoms with Crippen molar-refractivity contribution in [2.45, 2.75) is 26.7 Å². The van der Waals surface area contributed by atoms with Gasteiger partial charge in [0.2, 0.25) is 0 Å². The smallest absolute Gasteiger partial charge is 0.119 e. The first-order valence-corrected chi connectivity index (χ1v) is 6.80. The second kappa shape index (κ2) is 6.36. The highest BCUT2D eigenvalue weighted by molar-refractivity contribution is 9.10. The average molecular weight is 316 g/mol. The molecule has 1 aromatic rings. The van der Waals surface area contributed by atoms with Crippen molar-refractivity contribution >= 4 is 33.1 Å². The molecule has 2 N–H and O–H groups in total. The quantitative estimate of drug-likeness (QED) is 0.638. The predicted octanol–water partition coefficient (Wildman–Crippen LogP) is 3.92. The molecular formula is C13H18BrNOS. The van der Waals surface area contributed by atoms with Crippen molar-refractivity contribution in [3.05, 3.63) is 28.7 Å². The molecule has 1 aromatic carbocycles. The van der Waals surface area contributed by atoms with E-state index in [2.05, 4.69) is 29.8 Å². The fraction of sp³-hybridized carbons (Fsp3) is 0.462. The van der Waals surface area contributed by atoms with Gasteiger partial charge in [0.15, 0.2) is 0 Å². The summed E-state index contributed by atoms with van der Waals surface area (Å²) in [5.41, 5.74) is 5.58. The molecule has 0 heterocycles. The molecule has 0 saturated heterocycles. The van der Waals surface area contributed by atoms with Gasteiger partial charge in [-0.1, -0.05) is 42.0 Å². The first kappa shape index (κ1) is 14.5. The summed E-state index contributed by atoms with van der Waals surface area (Å²) >= 11 is 8.41. The van der Waals surface area contributed by atoms with Gasteiger partial charge in [-0.25, -0.2) is 0 Å². The lowest BCUT2D eigenvalue weighted by Crippen LogP contribution is -2.30. The number of hydrogen-bond acceptors (Lipinski definition) is 2. The lowest BCUT2D eigenvalue weighted by molar-refractivity contribution is 0.288. The van der Waals surface area contributed by atoms with Gasteiger partial charge in [-0.2, -0.15) is 0 Å². The molecule has 0 saturated carbocycles. The van der Waals surface area contributed by atoms with Gasteiger partial charge in [0.25, 0.3) is 0 Å². The molecule has 4 heteroatoms. The molecule has 0 aromatic heterocycles. The van der Waals surface area contributed by atoms with Crippen molar-refractivity contribution in [3.63, 3.8) is 0 Å². The van der Waals surface area contributed by atoms with E-state index >= 15 is 0 Å². The predicted molar refractivity (Wildman–Crippen MR) is 79.4 cm³/mol. The Kier molecular flexibility index (Phi) is 5.40. The van der Waals surface area contributed by atoms with Crippen LogP contribution in [0.3, 0.4) is 0 Å². The van der Waals surface area contributed by atoms with Gasteiger partial charge in [-0.3, -0.25) is 0 Å². The number of hydrogen-bond donors (Lipinski definition) is 1. The zero-order valence-corrected chi connectivity index (χ0v) is 12.6. The SMILES string of the molecule is CC(C)(CCCOc1ccc(Br)cc1)C(N)=S. The van der Waals surface area contributed by atoms with Crippen LogP contribution in [0.25, 0.3) is 0 Å². The Morgan fingerprint density at radius 2 is 1.94 bits per heavy atom. The van der Waals surface area contributed by atoms with Crippen LogP contribution in [0.1, 0.15) is 26.7 Å². The molecule has 2 nitrogen and oxygen atoms in total. The van der Waals surface area contributed by atoms with E-state index in [1.165, 1.54) is 0 Å². The highest BCUT2D eigenvalue weighted by atomic mass is 79.9. The molecule has 0 spiro atoms. The number of halogens is 1. The maximum atomic E-state index is 5.67. The standard InChI is InChI=1S/C13H18BrNOS/c1-13(2,12(15)17)8-3-9-16-11-6-4-10(14)5-7-11/h4-7H,3,8-9H2,1-2H3,(H2,15,17). The summed E-state index contributed by atoms with van der Waals surface area (Å²) < 4.78 is 6.69. The van der Waals surface area contributed by atoms with E-state index in [1.807, 2.05) is 24.3 Å². The summed E-state index contributed by atoms with van der Waals surface area (Å²) in [6.07, 6.45) is 1.89. The molecule has 0 atom stereocenters. The second-order valence-electron chi connectivity index (χ2n) is 4.65. The van der Waals surface area contributed by atoms with E-state index in [0.717, 1.165) is 23.1 Å². The minimum absolute atomic E-state index is 0.0849. The molecule has 0 bridgehead atoms. The Labute approximate surface area is 117 Å². The largest absolute Gasteiger partial charge is 0.494 e. The Morgan fingerprint density at radius 1 is 1.35 bits per heavy atom. The minimum Gasteiger partial charge on any atom is -0.494 e. The molecular weight excluding hydrogens is 298 g/mol. The van der Waals surface area contributed by atoms with E-state index in [9.17, 15) is 0 Å². The molecule has 94 valence electrons. The highest BCUT2D eigenvalue weighted by Crippen LogP contribution is 2.23. The maximum Gasteiger partial charge on any atom is 0.119 e. The van der Waals surface area contributed by atoms with Crippen LogP contribution in [0.2, 0.25) is 0 Å². The first-order valence-electron chi connectivity index (χ1n) is 5.60. The van der Waals surface area contributed by atoms with Gasteiger partial charge >= 0.3 is 0 Å². The average Bonchev–Trinajstić information content (AvgIpc) is 2.26. The van der Waals surface area contributed by atoms with Gasteiger partial charge in [0.05, 0.1) is 11.6 Å². The first-order chi connectivity index (χ1) is 7.92. The van der Waals surface area contributed by atoms with Gasteiger partial charge in [-0.05, 0) is 37.1 Å². The summed E-state index contributed by atoms with van der Waals surface area (Å²) in [4.78, 5) is 0.571. The van der Waals surface area contributed by atoms with E-state index in [1.54, 1.807) is 0 Å². The van der Waals surface area contributed by atoms with Gasteiger partial charge in [-0.15, -0.1) is 0 Å². The van der Waals surface area contributed by atoms with Crippen LogP contribution in [0, 0.1) is 5.41 Å². The zero-order valence-electron chi connectivity index (χ0n) is 10.2. The topological polar surface area (TPSA) is 35.2 Å². The molecule has 0 unspecified atom stereocenters. The Bertz CT molecular complexity index is 376. The van der Waals surface area contributed by atoms with Crippen molar-refractivity contribution < 1.29 is 4.74 Å². The number of thiocarbonyl (C=S) groups is 1. The monoisotopic (exact) mass is 315 g/mol. The molecule has 0 aliphatic rings. The molecule has 1 rings (SSSR count). The van der Waals surface area contributed by atoms with Crippen LogP contribution >= 0.6 is 28.1 Å². The Morgan fingerprint density at radius 3 is 2.47 bits per heavy atom. The number of benzene rings is 1. The minimum atomic E-state index is -0.0849. The highest BCUT2D eigenvalue weighted by Gasteiger charge is 2.20. The zero-order chi connectivity index (χ0) is 12.9. The third-order valence-corrected chi connectivity index (χ3v) is 3.78. The number of rotatable bonds is 6. The summed E-state index contributed by atoms with van der Waals surface area (Å²) in [6, 6.07) is 7.83. The lowest BCUT2D eigenvalue weighted by Gasteiger charge is -2.22. The van der Waals surface area contributed by atoms with Crippen LogP contribution < -0.4 is 10.5 Å². The normalized spacial score (nSPS) is 11.2. The van der Waals surface area contributed by atoms with Crippen LogP contribution in [0.4, 0.5) is 0 Å². The summed E-state index contributed by atoms with van der Waals surface area (Å²) in [5, 5.41) is 0. The molecule has 0 fully saturated rings. The van der Waals surface area contributed by atoms with E-state index in [4.69, 9.17) is 22.7 Å². The second-order valence-corrected chi connectivity index (χ2v) is 6.01. The van der Waals surface area contributed by atoms with Crippen LogP contribution in [-0.2, 0) is 0 Å². The molecule has 0 amide bonds. The Balaban J connectivity index is 2.29. The van der Waals surface area contributed by atoms with Crippen LogP contribution in [0.15, 0.2) is 28.7 Å². The lowest BCUT2D eigenvalue weighted by atomic mass is 9.88. The summed E-state index contributed by atoms with van der Waals surface area (Å²) in [6.45, 7) is 4.82.